The van der Waals surface area contributed by atoms with Gasteiger partial charge >= 0.3 is 5.97 Å². The quantitative estimate of drug-likeness (QED) is 0.178. The molecule has 1 atom stereocenters. The first-order valence-electron chi connectivity index (χ1n) is 15.2. The number of ketones is 1. The first-order chi connectivity index (χ1) is 23.1. The minimum Gasteiger partial charge on any atom is -0.478 e. The molecule has 14 nitrogen and oxygen atoms in total. The second-order valence-electron chi connectivity index (χ2n) is 11.2. The van der Waals surface area contributed by atoms with Crippen LogP contribution >= 0.6 is 11.6 Å². The molecule has 1 aliphatic heterocycles. The molecular weight excluding hydrogens is 640 g/mol. The molecule has 0 spiro atoms. The van der Waals surface area contributed by atoms with Crippen LogP contribution in [0.2, 0.25) is 5.02 Å². The number of benzene rings is 3. The van der Waals surface area contributed by atoms with E-state index in [9.17, 15) is 29.1 Å². The van der Waals surface area contributed by atoms with Crippen molar-refractivity contribution in [3.63, 3.8) is 0 Å². The van der Waals surface area contributed by atoms with Crippen LogP contribution in [0.25, 0.3) is 5.69 Å². The zero-order valence-electron chi connectivity index (χ0n) is 26.0. The first kappa shape index (κ1) is 33.9. The van der Waals surface area contributed by atoms with Crippen LogP contribution in [-0.2, 0) is 25.6 Å². The Balaban J connectivity index is 1.28. The maximum Gasteiger partial charge on any atom is 0.335 e. The lowest BCUT2D eigenvalue weighted by atomic mass is 9.92. The molecule has 248 valence electrons. The number of carboxylic acid groups (broad SMARTS) is 1. The summed E-state index contributed by atoms with van der Waals surface area (Å²) in [6.07, 6.45) is 1.37. The van der Waals surface area contributed by atoms with Crippen LogP contribution in [0.3, 0.4) is 0 Å². The molecule has 0 unspecified atom stereocenters. The van der Waals surface area contributed by atoms with E-state index in [-0.39, 0.29) is 36.4 Å². The number of aromatic nitrogens is 4. The van der Waals surface area contributed by atoms with E-state index < -0.39 is 29.5 Å². The average Bonchev–Trinajstić information content (AvgIpc) is 3.62. The van der Waals surface area contributed by atoms with Crippen LogP contribution in [0.5, 0.6) is 0 Å². The van der Waals surface area contributed by atoms with Gasteiger partial charge in [-0.05, 0) is 90.0 Å². The van der Waals surface area contributed by atoms with Gasteiger partial charge in [0.05, 0.1) is 23.5 Å². The molecule has 3 aromatic carbocycles. The molecule has 3 N–H and O–H groups in total. The Morgan fingerprint density at radius 2 is 1.73 bits per heavy atom. The Morgan fingerprint density at radius 3 is 2.38 bits per heavy atom. The number of nitrogens with zero attached hydrogens (tertiary/aromatic N) is 6. The molecular formula is C33H33ClN8O6. The van der Waals surface area contributed by atoms with E-state index in [1.807, 2.05) is 31.2 Å². The largest absolute Gasteiger partial charge is 0.478 e. The lowest BCUT2D eigenvalue weighted by Crippen LogP contribution is -2.50. The number of tetrazole rings is 1. The molecule has 1 fully saturated rings. The molecule has 0 aliphatic carbocycles. The van der Waals surface area contributed by atoms with Crippen molar-refractivity contribution in [1.82, 2.24) is 25.1 Å². The van der Waals surface area contributed by atoms with Gasteiger partial charge in [0.25, 0.3) is 5.91 Å². The second-order valence-corrected chi connectivity index (χ2v) is 11.6. The summed E-state index contributed by atoms with van der Waals surface area (Å²) in [4.78, 5) is 67.3. The van der Waals surface area contributed by atoms with Gasteiger partial charge in [0.15, 0.2) is 0 Å². The normalized spacial score (nSPS) is 14.0. The molecule has 0 bridgehead atoms. The minimum absolute atomic E-state index is 0.0154. The number of nitrogens with one attached hydrogen (secondary N) is 2. The van der Waals surface area contributed by atoms with E-state index in [1.165, 1.54) is 41.3 Å². The number of likely N-dealkylation sites (N-methyl/N-ethyl adjacent to an activating group) is 1. The maximum absolute atomic E-state index is 13.5. The van der Waals surface area contributed by atoms with Crippen molar-refractivity contribution in [1.29, 1.82) is 0 Å². The summed E-state index contributed by atoms with van der Waals surface area (Å²) in [5, 5.41) is 25.9. The summed E-state index contributed by atoms with van der Waals surface area (Å²) < 4.78 is 1.31. The van der Waals surface area contributed by atoms with Gasteiger partial charge in [-0.15, -0.1) is 5.10 Å². The van der Waals surface area contributed by atoms with Crippen molar-refractivity contribution in [2.75, 3.05) is 41.7 Å². The standard InChI is InChI=1S/C33H33ClN8O6/c1-2-40-15-16-41(30(44)19-40)26-11-3-21(4-12-26)17-23(31(45)36-25-9-5-22(6-10-25)33(47)48)7-14-29(43)32(46)37-27-18-24(34)8-13-28(27)42-20-35-38-39-42/h3-6,8-13,18,20,23H,2,7,14-17,19H2,1H3,(H,36,45)(H,37,46)(H,47,48)/t23-/m0/s1. The van der Waals surface area contributed by atoms with E-state index in [0.29, 0.717) is 29.5 Å². The van der Waals surface area contributed by atoms with Gasteiger partial charge in [-0.1, -0.05) is 30.7 Å². The number of Topliss-reactive ketones (excluding diaryl/α,β-unsaturated/α-hetero) is 1. The van der Waals surface area contributed by atoms with Crippen molar-refractivity contribution in [3.8, 4) is 5.69 Å². The van der Waals surface area contributed by atoms with Crippen LogP contribution in [0.1, 0.15) is 35.7 Å². The topological polar surface area (TPSA) is 180 Å². The number of carbonyl (C=O) groups is 5. The van der Waals surface area contributed by atoms with Crippen LogP contribution in [-0.4, -0.2) is 85.9 Å². The third kappa shape index (κ3) is 8.46. The van der Waals surface area contributed by atoms with Gasteiger partial charge < -0.3 is 20.6 Å². The van der Waals surface area contributed by atoms with E-state index >= 15 is 0 Å². The highest BCUT2D eigenvalue weighted by Gasteiger charge is 2.26. The zero-order valence-corrected chi connectivity index (χ0v) is 26.8. The van der Waals surface area contributed by atoms with Crippen molar-refractivity contribution in [2.45, 2.75) is 26.2 Å². The number of piperazine rings is 1. The van der Waals surface area contributed by atoms with Crippen LogP contribution in [0.15, 0.2) is 73.1 Å². The van der Waals surface area contributed by atoms with Crippen LogP contribution in [0.4, 0.5) is 17.1 Å². The summed E-state index contributed by atoms with van der Waals surface area (Å²) in [6, 6.07) is 17.7. The number of rotatable bonds is 13. The number of aromatic carboxylic acids is 1. The molecule has 2 heterocycles. The number of carbonyl (C=O) groups excluding carboxylic acids is 4. The SMILES string of the molecule is CCN1CCN(c2ccc(C[C@H](CCC(=O)C(=O)Nc3cc(Cl)ccc3-n3cnnn3)C(=O)Nc3ccc(C(=O)O)cc3)cc2)C(=O)C1. The number of halogens is 1. The highest BCUT2D eigenvalue weighted by Crippen LogP contribution is 2.25. The van der Waals surface area contributed by atoms with Gasteiger partial charge in [0, 0.05) is 41.8 Å². The van der Waals surface area contributed by atoms with E-state index in [0.717, 1.165) is 24.3 Å². The molecule has 1 aromatic heterocycles. The van der Waals surface area contributed by atoms with E-state index in [2.05, 4.69) is 31.1 Å². The van der Waals surface area contributed by atoms with Gasteiger partial charge in [0.2, 0.25) is 17.6 Å². The zero-order chi connectivity index (χ0) is 34.2. The van der Waals surface area contributed by atoms with Crippen LogP contribution in [0, 0.1) is 5.92 Å². The fraction of sp³-hybridized carbons (Fsp3) is 0.273. The number of hydrogen-bond acceptors (Lipinski definition) is 9. The summed E-state index contributed by atoms with van der Waals surface area (Å²) in [5.74, 6) is -3.86. The monoisotopic (exact) mass is 672 g/mol. The fourth-order valence-electron chi connectivity index (χ4n) is 5.32. The molecule has 0 radical (unpaired) electrons. The Labute approximate surface area is 280 Å². The molecule has 1 saturated heterocycles. The molecule has 3 amide bonds. The first-order valence-corrected chi connectivity index (χ1v) is 15.6. The maximum atomic E-state index is 13.5. The van der Waals surface area contributed by atoms with Gasteiger partial charge in [-0.2, -0.15) is 4.68 Å². The predicted molar refractivity (Wildman–Crippen MR) is 177 cm³/mol. The molecule has 4 aromatic rings. The average molecular weight is 673 g/mol. The number of amides is 3. The van der Waals surface area contributed by atoms with Crippen LogP contribution < -0.4 is 15.5 Å². The summed E-state index contributed by atoms with van der Waals surface area (Å²) in [5.41, 5.74) is 2.62. The summed E-state index contributed by atoms with van der Waals surface area (Å²) >= 11 is 6.13. The lowest BCUT2D eigenvalue weighted by Gasteiger charge is -2.33. The lowest BCUT2D eigenvalue weighted by molar-refractivity contribution is -0.135. The third-order valence-corrected chi connectivity index (χ3v) is 8.26. The number of carboxylic acids is 1. The molecule has 1 aliphatic rings. The smallest absolute Gasteiger partial charge is 0.335 e. The Morgan fingerprint density at radius 1 is 0.979 bits per heavy atom. The molecule has 15 heteroatoms. The Kier molecular flexibility index (Phi) is 10.9. The summed E-state index contributed by atoms with van der Waals surface area (Å²) in [7, 11) is 0. The van der Waals surface area contributed by atoms with E-state index in [1.54, 1.807) is 17.0 Å². The van der Waals surface area contributed by atoms with Crippen molar-refractivity contribution in [3.05, 3.63) is 89.2 Å². The number of anilines is 3. The predicted octanol–water partition coefficient (Wildman–Crippen LogP) is 3.47. The van der Waals surface area contributed by atoms with Crippen molar-refractivity contribution < 1.29 is 29.1 Å². The van der Waals surface area contributed by atoms with Crippen molar-refractivity contribution in [2.24, 2.45) is 5.92 Å². The fourth-order valence-corrected chi connectivity index (χ4v) is 5.49. The Bertz CT molecular complexity index is 1800. The summed E-state index contributed by atoms with van der Waals surface area (Å²) in [6.45, 7) is 4.53. The van der Waals surface area contributed by atoms with Gasteiger partial charge in [-0.3, -0.25) is 24.1 Å². The van der Waals surface area contributed by atoms with Gasteiger partial charge in [0.1, 0.15) is 6.33 Å². The number of hydrogen-bond donors (Lipinski definition) is 3. The second kappa shape index (κ2) is 15.4. The Hall–Kier alpha value is -5.47. The highest BCUT2D eigenvalue weighted by molar-refractivity contribution is 6.41. The highest BCUT2D eigenvalue weighted by atomic mass is 35.5. The molecule has 0 saturated carbocycles. The van der Waals surface area contributed by atoms with Gasteiger partial charge in [-0.25, -0.2) is 4.79 Å². The minimum atomic E-state index is -1.09. The molecule has 48 heavy (non-hydrogen) atoms. The molecule has 5 rings (SSSR count). The van der Waals surface area contributed by atoms with Crippen molar-refractivity contribution >= 4 is 58.1 Å². The third-order valence-electron chi connectivity index (χ3n) is 8.02. The van der Waals surface area contributed by atoms with E-state index in [4.69, 9.17) is 11.6 Å².